The van der Waals surface area contributed by atoms with Gasteiger partial charge in [0.05, 0.1) is 0 Å². The van der Waals surface area contributed by atoms with Crippen LogP contribution in [0.4, 0.5) is 5.69 Å². The zero-order valence-electron chi connectivity index (χ0n) is 11.3. The molecular weight excluding hydrogens is 228 g/mol. The maximum Gasteiger partial charge on any atom is 0.249 e. The van der Waals surface area contributed by atoms with E-state index in [4.69, 9.17) is 5.73 Å². The number of hydrogen-bond donors (Lipinski definition) is 2. The van der Waals surface area contributed by atoms with Crippen LogP contribution in [-0.2, 0) is 4.79 Å². The lowest BCUT2D eigenvalue weighted by atomic mass is 9.89. The van der Waals surface area contributed by atoms with Gasteiger partial charge in [-0.05, 0) is 31.0 Å². The standard InChI is InChI=1S/C14H20N2O2/c1-5-14(3,4)13(18)16-10-7-6-9(2)11(8-10)12(15)17/h6-8H,5H2,1-4H3,(H2,15,17)(H,16,18). The van der Waals surface area contributed by atoms with Gasteiger partial charge in [0, 0.05) is 16.7 Å². The molecule has 0 heterocycles. The summed E-state index contributed by atoms with van der Waals surface area (Å²) in [6.07, 6.45) is 0.743. The number of carbonyl (C=O) groups excluding carboxylic acids is 2. The number of rotatable bonds is 4. The first-order valence-electron chi connectivity index (χ1n) is 6.00. The van der Waals surface area contributed by atoms with Crippen LogP contribution >= 0.6 is 0 Å². The van der Waals surface area contributed by atoms with Crippen LogP contribution in [0.25, 0.3) is 0 Å². The van der Waals surface area contributed by atoms with E-state index >= 15 is 0 Å². The molecule has 18 heavy (non-hydrogen) atoms. The van der Waals surface area contributed by atoms with E-state index in [0.717, 1.165) is 12.0 Å². The Morgan fingerprint density at radius 3 is 2.44 bits per heavy atom. The van der Waals surface area contributed by atoms with Crippen molar-refractivity contribution >= 4 is 17.5 Å². The number of carbonyl (C=O) groups is 2. The van der Waals surface area contributed by atoms with E-state index in [9.17, 15) is 9.59 Å². The van der Waals surface area contributed by atoms with Gasteiger partial charge in [-0.15, -0.1) is 0 Å². The molecule has 0 aliphatic rings. The Morgan fingerprint density at radius 1 is 1.33 bits per heavy atom. The number of primary amides is 1. The Bertz CT molecular complexity index is 479. The van der Waals surface area contributed by atoms with Crippen LogP contribution < -0.4 is 11.1 Å². The summed E-state index contributed by atoms with van der Waals surface area (Å²) in [4.78, 5) is 23.2. The van der Waals surface area contributed by atoms with Gasteiger partial charge in [0.15, 0.2) is 0 Å². The minimum Gasteiger partial charge on any atom is -0.366 e. The number of nitrogens with one attached hydrogen (secondary N) is 1. The lowest BCUT2D eigenvalue weighted by Crippen LogP contribution is -2.30. The summed E-state index contributed by atoms with van der Waals surface area (Å²) in [5.41, 5.74) is 6.67. The van der Waals surface area contributed by atoms with E-state index < -0.39 is 11.3 Å². The van der Waals surface area contributed by atoms with Gasteiger partial charge in [-0.1, -0.05) is 26.8 Å². The van der Waals surface area contributed by atoms with Crippen LogP contribution in [-0.4, -0.2) is 11.8 Å². The van der Waals surface area contributed by atoms with Crippen LogP contribution in [0.1, 0.15) is 43.1 Å². The topological polar surface area (TPSA) is 72.2 Å². The molecule has 0 saturated carbocycles. The van der Waals surface area contributed by atoms with Gasteiger partial charge >= 0.3 is 0 Å². The molecule has 0 bridgehead atoms. The average Bonchev–Trinajstić information content (AvgIpc) is 2.31. The first-order valence-corrected chi connectivity index (χ1v) is 6.00. The molecule has 3 N–H and O–H groups in total. The monoisotopic (exact) mass is 248 g/mol. The highest BCUT2D eigenvalue weighted by Crippen LogP contribution is 2.23. The molecular formula is C14H20N2O2. The van der Waals surface area contributed by atoms with Gasteiger partial charge in [0.25, 0.3) is 0 Å². The van der Waals surface area contributed by atoms with Crippen molar-refractivity contribution in [3.63, 3.8) is 0 Å². The van der Waals surface area contributed by atoms with E-state index in [0.29, 0.717) is 11.3 Å². The van der Waals surface area contributed by atoms with Crippen molar-refractivity contribution in [2.75, 3.05) is 5.32 Å². The summed E-state index contributed by atoms with van der Waals surface area (Å²) in [5.74, 6) is -0.553. The highest BCUT2D eigenvalue weighted by Gasteiger charge is 2.25. The Hall–Kier alpha value is -1.84. The molecule has 4 nitrogen and oxygen atoms in total. The summed E-state index contributed by atoms with van der Waals surface area (Å²) in [6, 6.07) is 5.15. The molecule has 0 fully saturated rings. The van der Waals surface area contributed by atoms with E-state index in [-0.39, 0.29) is 5.91 Å². The van der Waals surface area contributed by atoms with Crippen molar-refractivity contribution in [3.8, 4) is 0 Å². The van der Waals surface area contributed by atoms with Crippen molar-refractivity contribution in [2.24, 2.45) is 11.1 Å². The normalized spacial score (nSPS) is 11.1. The second-order valence-electron chi connectivity index (χ2n) is 5.09. The lowest BCUT2D eigenvalue weighted by molar-refractivity contribution is -0.124. The first kappa shape index (κ1) is 14.2. The molecule has 0 atom stereocenters. The highest BCUT2D eigenvalue weighted by atomic mass is 16.2. The molecule has 0 spiro atoms. The molecule has 0 aliphatic carbocycles. The molecule has 0 saturated heterocycles. The van der Waals surface area contributed by atoms with Crippen LogP contribution in [0.2, 0.25) is 0 Å². The van der Waals surface area contributed by atoms with Gasteiger partial charge in [0.1, 0.15) is 0 Å². The number of amides is 2. The largest absolute Gasteiger partial charge is 0.366 e. The zero-order chi connectivity index (χ0) is 13.9. The third-order valence-electron chi connectivity index (χ3n) is 3.26. The van der Waals surface area contributed by atoms with E-state index in [1.54, 1.807) is 18.2 Å². The fraction of sp³-hybridized carbons (Fsp3) is 0.429. The predicted molar refractivity (Wildman–Crippen MR) is 72.4 cm³/mol. The number of aryl methyl sites for hydroxylation is 1. The molecule has 98 valence electrons. The SMILES string of the molecule is CCC(C)(C)C(=O)Nc1ccc(C)c(C(N)=O)c1. The van der Waals surface area contributed by atoms with E-state index in [2.05, 4.69) is 5.32 Å². The zero-order valence-corrected chi connectivity index (χ0v) is 11.3. The van der Waals surface area contributed by atoms with Gasteiger partial charge in [-0.2, -0.15) is 0 Å². The second kappa shape index (κ2) is 5.21. The summed E-state index contributed by atoms with van der Waals surface area (Å²) in [6.45, 7) is 7.53. The Balaban J connectivity index is 2.96. The number of anilines is 1. The smallest absolute Gasteiger partial charge is 0.249 e. The Morgan fingerprint density at radius 2 is 1.94 bits per heavy atom. The molecule has 1 rings (SSSR count). The minimum atomic E-state index is -0.488. The van der Waals surface area contributed by atoms with Crippen LogP contribution in [0, 0.1) is 12.3 Å². The third kappa shape index (κ3) is 3.09. The highest BCUT2D eigenvalue weighted by molar-refractivity contribution is 5.98. The molecule has 1 aromatic carbocycles. The number of benzene rings is 1. The fourth-order valence-corrected chi connectivity index (χ4v) is 1.43. The molecule has 0 unspecified atom stereocenters. The Kier molecular flexibility index (Phi) is 4.11. The number of nitrogens with two attached hydrogens (primary N) is 1. The van der Waals surface area contributed by atoms with Gasteiger partial charge < -0.3 is 11.1 Å². The van der Waals surface area contributed by atoms with Crippen LogP contribution in [0.15, 0.2) is 18.2 Å². The van der Waals surface area contributed by atoms with Crippen molar-refractivity contribution < 1.29 is 9.59 Å². The average molecular weight is 248 g/mol. The third-order valence-corrected chi connectivity index (χ3v) is 3.26. The lowest BCUT2D eigenvalue weighted by Gasteiger charge is -2.21. The molecule has 0 aliphatic heterocycles. The van der Waals surface area contributed by atoms with Crippen molar-refractivity contribution in [3.05, 3.63) is 29.3 Å². The van der Waals surface area contributed by atoms with E-state index in [1.165, 1.54) is 0 Å². The molecule has 0 radical (unpaired) electrons. The quantitative estimate of drug-likeness (QED) is 0.859. The maximum absolute atomic E-state index is 12.0. The summed E-state index contributed by atoms with van der Waals surface area (Å²) < 4.78 is 0. The van der Waals surface area contributed by atoms with Gasteiger partial charge in [-0.25, -0.2) is 0 Å². The van der Waals surface area contributed by atoms with Crippen LogP contribution in [0.3, 0.4) is 0 Å². The molecule has 1 aromatic rings. The predicted octanol–water partition coefficient (Wildman–Crippen LogP) is 2.47. The van der Waals surface area contributed by atoms with Crippen molar-refractivity contribution in [1.29, 1.82) is 0 Å². The van der Waals surface area contributed by atoms with E-state index in [1.807, 2.05) is 27.7 Å². The summed E-state index contributed by atoms with van der Waals surface area (Å²) in [5, 5.41) is 2.81. The fourth-order valence-electron chi connectivity index (χ4n) is 1.43. The van der Waals surface area contributed by atoms with Crippen molar-refractivity contribution in [1.82, 2.24) is 0 Å². The van der Waals surface area contributed by atoms with Gasteiger partial charge in [0.2, 0.25) is 11.8 Å². The molecule has 0 aromatic heterocycles. The maximum atomic E-state index is 12.0. The van der Waals surface area contributed by atoms with Crippen LogP contribution in [0.5, 0.6) is 0 Å². The molecule has 2 amide bonds. The summed E-state index contributed by atoms with van der Waals surface area (Å²) in [7, 11) is 0. The summed E-state index contributed by atoms with van der Waals surface area (Å²) >= 11 is 0. The van der Waals surface area contributed by atoms with Crippen molar-refractivity contribution in [2.45, 2.75) is 34.1 Å². The Labute approximate surface area is 108 Å². The minimum absolute atomic E-state index is 0.0655. The number of hydrogen-bond acceptors (Lipinski definition) is 2. The second-order valence-corrected chi connectivity index (χ2v) is 5.09. The molecule has 4 heteroatoms. The van der Waals surface area contributed by atoms with Gasteiger partial charge in [-0.3, -0.25) is 9.59 Å². The first-order chi connectivity index (χ1) is 8.27.